The molecule has 0 aromatic heterocycles. The Bertz CT molecular complexity index is 879. The molecule has 1 saturated heterocycles. The topological polar surface area (TPSA) is 96.0 Å². The Hall–Kier alpha value is -2.90. The van der Waals surface area contributed by atoms with Crippen molar-refractivity contribution in [2.24, 2.45) is 5.92 Å². The number of anilines is 1. The summed E-state index contributed by atoms with van der Waals surface area (Å²) in [7, 11) is 0. The van der Waals surface area contributed by atoms with E-state index in [2.05, 4.69) is 5.32 Å². The van der Waals surface area contributed by atoms with E-state index in [1.165, 1.54) is 9.80 Å². The van der Waals surface area contributed by atoms with Crippen LogP contribution in [0.2, 0.25) is 0 Å². The van der Waals surface area contributed by atoms with Gasteiger partial charge in [0.1, 0.15) is 0 Å². The molecule has 4 rings (SSSR count). The Balaban J connectivity index is 1.70. The van der Waals surface area contributed by atoms with E-state index in [1.807, 2.05) is 13.8 Å². The van der Waals surface area contributed by atoms with Crippen LogP contribution in [0.1, 0.15) is 49.9 Å². The van der Waals surface area contributed by atoms with Crippen molar-refractivity contribution in [3.63, 3.8) is 0 Å². The molecule has 1 aromatic rings. The van der Waals surface area contributed by atoms with E-state index in [0.29, 0.717) is 17.8 Å². The van der Waals surface area contributed by atoms with Crippen LogP contribution in [0.25, 0.3) is 0 Å². The highest BCUT2D eigenvalue weighted by atomic mass is 16.5. The minimum Gasteiger partial charge on any atom is -0.452 e. The molecule has 8 nitrogen and oxygen atoms in total. The Morgan fingerprint density at radius 1 is 1.24 bits per heavy atom. The molecule has 3 amide bonds. The van der Waals surface area contributed by atoms with Crippen molar-refractivity contribution in [1.82, 2.24) is 10.2 Å². The number of carbonyl (C=O) groups excluding carboxylic acids is 4. The second-order valence-electron chi connectivity index (χ2n) is 8.29. The molecule has 1 aliphatic carbocycles. The summed E-state index contributed by atoms with van der Waals surface area (Å²) in [4.78, 5) is 54.3. The lowest BCUT2D eigenvalue weighted by Crippen LogP contribution is -2.69. The fraction of sp³-hybridized carbons (Fsp3) is 0.524. The summed E-state index contributed by atoms with van der Waals surface area (Å²) in [5.74, 6) is -1.58. The molecule has 0 bridgehead atoms. The van der Waals surface area contributed by atoms with Crippen LogP contribution in [-0.4, -0.2) is 53.4 Å². The van der Waals surface area contributed by atoms with E-state index in [0.717, 1.165) is 12.8 Å². The summed E-state index contributed by atoms with van der Waals surface area (Å²) in [5.41, 5.74) is -0.746. The van der Waals surface area contributed by atoms with Crippen molar-refractivity contribution in [1.29, 1.82) is 0 Å². The lowest BCUT2D eigenvalue weighted by atomic mass is 9.95. The Morgan fingerprint density at radius 2 is 1.97 bits per heavy atom. The second-order valence-corrected chi connectivity index (χ2v) is 8.29. The van der Waals surface area contributed by atoms with Crippen LogP contribution in [0.5, 0.6) is 0 Å². The highest BCUT2D eigenvalue weighted by Gasteiger charge is 2.62. The van der Waals surface area contributed by atoms with Crippen molar-refractivity contribution in [3.8, 4) is 0 Å². The molecule has 0 radical (unpaired) electrons. The van der Waals surface area contributed by atoms with E-state index in [-0.39, 0.29) is 42.5 Å². The summed E-state index contributed by atoms with van der Waals surface area (Å²) in [6.07, 6.45) is 2.12. The highest BCUT2D eigenvalue weighted by Crippen LogP contribution is 2.45. The van der Waals surface area contributed by atoms with Gasteiger partial charge in [0.2, 0.25) is 11.6 Å². The average Bonchev–Trinajstić information content (AvgIpc) is 3.43. The molecule has 1 saturated carbocycles. The summed E-state index contributed by atoms with van der Waals surface area (Å²) < 4.78 is 5.36. The van der Waals surface area contributed by atoms with Gasteiger partial charge in [-0.1, -0.05) is 26.0 Å². The monoisotopic (exact) mass is 399 g/mol. The zero-order valence-electron chi connectivity index (χ0n) is 16.6. The van der Waals surface area contributed by atoms with Gasteiger partial charge >= 0.3 is 5.97 Å². The van der Waals surface area contributed by atoms with Crippen molar-refractivity contribution in [3.05, 3.63) is 29.8 Å². The van der Waals surface area contributed by atoms with Crippen molar-refractivity contribution in [2.75, 3.05) is 18.1 Å². The molecule has 1 N–H and O–H groups in total. The zero-order chi connectivity index (χ0) is 20.8. The van der Waals surface area contributed by atoms with E-state index >= 15 is 0 Å². The third-order valence-corrected chi connectivity index (χ3v) is 5.53. The van der Waals surface area contributed by atoms with E-state index < -0.39 is 18.2 Å². The van der Waals surface area contributed by atoms with Gasteiger partial charge in [0.05, 0.1) is 11.3 Å². The number of carbonyl (C=O) groups is 4. The number of fused-ring (bicyclic) bond motifs is 3. The molecule has 2 aliphatic heterocycles. The van der Waals surface area contributed by atoms with Crippen LogP contribution in [0.3, 0.4) is 0 Å². The van der Waals surface area contributed by atoms with Gasteiger partial charge in [0, 0.05) is 25.4 Å². The van der Waals surface area contributed by atoms with Crippen molar-refractivity contribution < 1.29 is 23.9 Å². The molecule has 1 atom stereocenters. The van der Waals surface area contributed by atoms with Gasteiger partial charge in [-0.05, 0) is 30.9 Å². The van der Waals surface area contributed by atoms with Crippen LogP contribution in [-0.2, 0) is 19.1 Å². The van der Waals surface area contributed by atoms with Crippen LogP contribution in [0.15, 0.2) is 24.3 Å². The van der Waals surface area contributed by atoms with Gasteiger partial charge in [-0.2, -0.15) is 0 Å². The largest absolute Gasteiger partial charge is 0.452 e. The lowest BCUT2D eigenvalue weighted by Gasteiger charge is -2.48. The van der Waals surface area contributed by atoms with Gasteiger partial charge in [-0.25, -0.2) is 4.79 Å². The van der Waals surface area contributed by atoms with Crippen molar-refractivity contribution in [2.45, 2.75) is 51.2 Å². The number of nitrogens with one attached hydrogen (secondary N) is 1. The number of amides is 3. The Kier molecular flexibility index (Phi) is 4.80. The quantitative estimate of drug-likeness (QED) is 0.731. The maximum absolute atomic E-state index is 13.3. The fourth-order valence-corrected chi connectivity index (χ4v) is 4.11. The number of hydrogen-bond donors (Lipinski definition) is 1. The standard InChI is InChI=1S/C21H25N3O5/c1-13(2)11-23-19(27)15-5-3-4-6-16(15)24-18(26)9-10-21(23,24)20(28)29-12-17(25)22-14-7-8-14/h3-6,13-14H,7-12H2,1-2H3,(H,22,25)/t21-/m1/s1. The Morgan fingerprint density at radius 3 is 2.66 bits per heavy atom. The normalized spacial score (nSPS) is 23.1. The summed E-state index contributed by atoms with van der Waals surface area (Å²) >= 11 is 0. The summed E-state index contributed by atoms with van der Waals surface area (Å²) in [6, 6.07) is 6.96. The maximum atomic E-state index is 13.3. The van der Waals surface area contributed by atoms with Crippen LogP contribution >= 0.6 is 0 Å². The molecule has 154 valence electrons. The first-order valence-electron chi connectivity index (χ1n) is 10.0. The number of para-hydroxylation sites is 1. The van der Waals surface area contributed by atoms with Crippen LogP contribution in [0.4, 0.5) is 5.69 Å². The van der Waals surface area contributed by atoms with Crippen LogP contribution < -0.4 is 10.2 Å². The molecule has 2 heterocycles. The number of esters is 1. The first-order valence-corrected chi connectivity index (χ1v) is 10.0. The number of rotatable bonds is 6. The number of nitrogens with zero attached hydrogens (tertiary/aromatic N) is 2. The van der Waals surface area contributed by atoms with Gasteiger partial charge in [0.15, 0.2) is 6.61 Å². The first-order chi connectivity index (χ1) is 13.8. The summed E-state index contributed by atoms with van der Waals surface area (Å²) in [6.45, 7) is 3.75. The molecular formula is C21H25N3O5. The van der Waals surface area contributed by atoms with Gasteiger partial charge in [0.25, 0.3) is 11.8 Å². The molecule has 1 aromatic carbocycles. The highest BCUT2D eigenvalue weighted by molar-refractivity contribution is 6.15. The smallest absolute Gasteiger partial charge is 0.354 e. The van der Waals surface area contributed by atoms with Crippen molar-refractivity contribution >= 4 is 29.4 Å². The van der Waals surface area contributed by atoms with Gasteiger partial charge < -0.3 is 15.0 Å². The first kappa shape index (κ1) is 19.4. The molecule has 8 heteroatoms. The Labute approximate surface area is 169 Å². The van der Waals surface area contributed by atoms with Gasteiger partial charge in [-0.15, -0.1) is 0 Å². The third kappa shape index (κ3) is 3.26. The van der Waals surface area contributed by atoms with E-state index in [1.54, 1.807) is 24.3 Å². The number of hydrogen-bond acceptors (Lipinski definition) is 5. The molecule has 2 fully saturated rings. The minimum atomic E-state index is -1.55. The SMILES string of the molecule is CC(C)CN1C(=O)c2ccccc2N2C(=O)CC[C@@]12C(=O)OCC(=O)NC1CC1. The molecule has 0 unspecified atom stereocenters. The van der Waals surface area contributed by atoms with Gasteiger partial charge in [-0.3, -0.25) is 19.3 Å². The van der Waals surface area contributed by atoms with E-state index in [4.69, 9.17) is 4.74 Å². The third-order valence-electron chi connectivity index (χ3n) is 5.53. The molecule has 0 spiro atoms. The lowest BCUT2D eigenvalue weighted by molar-refractivity contribution is -0.160. The minimum absolute atomic E-state index is 0.0737. The number of benzene rings is 1. The van der Waals surface area contributed by atoms with E-state index in [9.17, 15) is 19.2 Å². The average molecular weight is 399 g/mol. The number of ether oxygens (including phenoxy) is 1. The molecule has 3 aliphatic rings. The molecule has 29 heavy (non-hydrogen) atoms. The molecular weight excluding hydrogens is 374 g/mol. The second kappa shape index (κ2) is 7.17. The zero-order valence-corrected chi connectivity index (χ0v) is 16.6. The predicted molar refractivity (Wildman–Crippen MR) is 104 cm³/mol. The summed E-state index contributed by atoms with van der Waals surface area (Å²) in [5, 5.41) is 2.77. The predicted octanol–water partition coefficient (Wildman–Crippen LogP) is 1.44. The maximum Gasteiger partial charge on any atom is 0.354 e. The fourth-order valence-electron chi connectivity index (χ4n) is 4.11. The van der Waals surface area contributed by atoms with Crippen LogP contribution in [0, 0.1) is 5.92 Å².